The first-order valence-electron chi connectivity index (χ1n) is 10.7. The maximum atomic E-state index is 12.8. The van der Waals surface area contributed by atoms with Crippen molar-refractivity contribution in [1.82, 2.24) is 15.1 Å². The molecule has 1 N–H and O–H groups in total. The average Bonchev–Trinajstić information content (AvgIpc) is 3.24. The van der Waals surface area contributed by atoms with Gasteiger partial charge in [0.15, 0.2) is 0 Å². The summed E-state index contributed by atoms with van der Waals surface area (Å²) < 4.78 is 11.7. The Hall–Kier alpha value is -2.19. The van der Waals surface area contributed by atoms with Crippen molar-refractivity contribution in [3.05, 3.63) is 23.2 Å². The Morgan fingerprint density at radius 1 is 1.10 bits per heavy atom. The molecule has 1 aromatic rings. The first-order valence-corrected chi connectivity index (χ1v) is 11.1. The lowest BCUT2D eigenvalue weighted by Crippen LogP contribution is -2.65. The fraction of sp³-hybridized carbons (Fsp3) is 0.619. The van der Waals surface area contributed by atoms with E-state index in [0.29, 0.717) is 31.2 Å². The number of ether oxygens (including phenoxy) is 2. The van der Waals surface area contributed by atoms with Crippen molar-refractivity contribution in [2.24, 2.45) is 0 Å². The normalized spacial score (nSPS) is 26.8. The molecule has 3 amide bonds. The highest BCUT2D eigenvalue weighted by Crippen LogP contribution is 2.31. The number of piperidine rings is 1. The Labute approximate surface area is 181 Å². The molecular formula is C21H27ClN4O4. The summed E-state index contributed by atoms with van der Waals surface area (Å²) in [5, 5.41) is 3.60. The van der Waals surface area contributed by atoms with E-state index in [1.165, 1.54) is 12.8 Å². The van der Waals surface area contributed by atoms with Crippen LogP contribution < -0.4 is 15.0 Å². The number of fused-ring (bicyclic) bond motifs is 1. The highest BCUT2D eigenvalue weighted by molar-refractivity contribution is 6.31. The average molecular weight is 435 g/mol. The van der Waals surface area contributed by atoms with Gasteiger partial charge in [0.1, 0.15) is 18.5 Å². The third-order valence-electron chi connectivity index (χ3n) is 6.34. The van der Waals surface area contributed by atoms with Gasteiger partial charge in [-0.1, -0.05) is 11.6 Å². The quantitative estimate of drug-likeness (QED) is 0.784. The van der Waals surface area contributed by atoms with Gasteiger partial charge in [-0.3, -0.25) is 4.79 Å². The minimum absolute atomic E-state index is 0.00280. The molecule has 2 atom stereocenters. The second-order valence-corrected chi connectivity index (χ2v) is 8.96. The molecule has 4 heterocycles. The van der Waals surface area contributed by atoms with Gasteiger partial charge in [0, 0.05) is 43.0 Å². The Bertz CT molecular complexity index is 825. The van der Waals surface area contributed by atoms with Crippen LogP contribution >= 0.6 is 11.6 Å². The molecule has 1 unspecified atom stereocenters. The van der Waals surface area contributed by atoms with Crippen molar-refractivity contribution in [3.8, 4) is 5.75 Å². The van der Waals surface area contributed by atoms with Gasteiger partial charge in [0.2, 0.25) is 5.91 Å². The van der Waals surface area contributed by atoms with Crippen LogP contribution in [0.4, 0.5) is 10.5 Å². The van der Waals surface area contributed by atoms with Gasteiger partial charge in [-0.05, 0) is 31.4 Å². The number of anilines is 1. The molecule has 5 rings (SSSR count). The largest absolute Gasteiger partial charge is 0.487 e. The van der Waals surface area contributed by atoms with E-state index in [1.54, 1.807) is 9.80 Å². The number of halogens is 1. The number of nitrogens with one attached hydrogen (secondary N) is 1. The number of morpholine rings is 1. The third kappa shape index (κ3) is 4.03. The van der Waals surface area contributed by atoms with E-state index < -0.39 is 0 Å². The lowest BCUT2D eigenvalue weighted by molar-refractivity contribution is -0.139. The van der Waals surface area contributed by atoms with E-state index in [0.717, 1.165) is 30.9 Å². The number of urea groups is 1. The zero-order valence-electron chi connectivity index (χ0n) is 16.9. The maximum Gasteiger partial charge on any atom is 0.320 e. The van der Waals surface area contributed by atoms with Crippen LogP contribution in [0, 0.1) is 0 Å². The Morgan fingerprint density at radius 2 is 1.90 bits per heavy atom. The Kier molecular flexibility index (Phi) is 5.37. The van der Waals surface area contributed by atoms with E-state index >= 15 is 0 Å². The monoisotopic (exact) mass is 434 g/mol. The van der Waals surface area contributed by atoms with Gasteiger partial charge >= 0.3 is 6.03 Å². The first kappa shape index (κ1) is 19.8. The number of likely N-dealkylation sites (tertiary alicyclic amines) is 2. The van der Waals surface area contributed by atoms with Crippen LogP contribution in [0.5, 0.6) is 5.75 Å². The number of hydrogen-bond donors (Lipinski definition) is 1. The Balaban J connectivity index is 1.14. The van der Waals surface area contributed by atoms with Gasteiger partial charge < -0.3 is 29.5 Å². The summed E-state index contributed by atoms with van der Waals surface area (Å²) in [6.07, 6.45) is 3.12. The van der Waals surface area contributed by atoms with Gasteiger partial charge in [-0.2, -0.15) is 0 Å². The minimum Gasteiger partial charge on any atom is -0.487 e. The number of benzene rings is 1. The van der Waals surface area contributed by atoms with Crippen molar-refractivity contribution in [3.63, 3.8) is 0 Å². The van der Waals surface area contributed by atoms with Gasteiger partial charge in [0.05, 0.1) is 25.2 Å². The lowest BCUT2D eigenvalue weighted by atomic mass is 10.0. The molecule has 0 spiro atoms. The van der Waals surface area contributed by atoms with Gasteiger partial charge in [0.25, 0.3) is 0 Å². The molecule has 162 valence electrons. The SMILES string of the molecule is O=C1COC2CCN(C(=O)N3CC(Oc4cc(Cl)cc(N5CCCC5)c4)C3)C[C@H]2N1. The molecule has 4 aliphatic rings. The van der Waals surface area contributed by atoms with Gasteiger partial charge in [-0.15, -0.1) is 0 Å². The second kappa shape index (κ2) is 8.15. The predicted molar refractivity (Wildman–Crippen MR) is 112 cm³/mol. The number of rotatable bonds is 3. The smallest absolute Gasteiger partial charge is 0.320 e. The molecule has 4 fully saturated rings. The predicted octanol–water partition coefficient (Wildman–Crippen LogP) is 1.71. The van der Waals surface area contributed by atoms with Crippen LogP contribution in [0.25, 0.3) is 0 Å². The van der Waals surface area contributed by atoms with Crippen LogP contribution in [-0.4, -0.2) is 85.9 Å². The summed E-state index contributed by atoms with van der Waals surface area (Å²) in [5.74, 6) is 0.641. The van der Waals surface area contributed by atoms with Crippen molar-refractivity contribution in [2.45, 2.75) is 37.5 Å². The molecule has 0 aliphatic carbocycles. The summed E-state index contributed by atoms with van der Waals surface area (Å²) >= 11 is 6.30. The second-order valence-electron chi connectivity index (χ2n) is 8.52. The van der Waals surface area contributed by atoms with E-state index in [-0.39, 0.29) is 36.8 Å². The van der Waals surface area contributed by atoms with Crippen LogP contribution in [0.2, 0.25) is 5.02 Å². The van der Waals surface area contributed by atoms with Crippen LogP contribution in [0.1, 0.15) is 19.3 Å². The van der Waals surface area contributed by atoms with Crippen molar-refractivity contribution < 1.29 is 19.1 Å². The molecule has 1 aromatic carbocycles. The highest BCUT2D eigenvalue weighted by atomic mass is 35.5. The lowest BCUT2D eigenvalue weighted by Gasteiger charge is -2.45. The minimum atomic E-state index is -0.118. The number of amides is 3. The van der Waals surface area contributed by atoms with E-state index in [2.05, 4.69) is 10.2 Å². The van der Waals surface area contributed by atoms with Crippen LogP contribution in [0.3, 0.4) is 0 Å². The number of hydrogen-bond acceptors (Lipinski definition) is 5. The molecular weight excluding hydrogens is 408 g/mol. The summed E-state index contributed by atoms with van der Waals surface area (Å²) in [7, 11) is 0. The maximum absolute atomic E-state index is 12.8. The van der Waals surface area contributed by atoms with Crippen LogP contribution in [0.15, 0.2) is 18.2 Å². The zero-order valence-corrected chi connectivity index (χ0v) is 17.6. The number of carbonyl (C=O) groups is 2. The van der Waals surface area contributed by atoms with Crippen molar-refractivity contribution >= 4 is 29.2 Å². The summed E-state index contributed by atoms with van der Waals surface area (Å²) in [6.45, 7) is 4.46. The molecule has 8 nitrogen and oxygen atoms in total. The zero-order chi connectivity index (χ0) is 20.7. The fourth-order valence-corrected chi connectivity index (χ4v) is 4.93. The van der Waals surface area contributed by atoms with Crippen molar-refractivity contribution in [1.29, 1.82) is 0 Å². The van der Waals surface area contributed by atoms with Crippen LogP contribution in [-0.2, 0) is 9.53 Å². The number of nitrogens with zero attached hydrogens (tertiary/aromatic N) is 3. The Morgan fingerprint density at radius 3 is 2.70 bits per heavy atom. The third-order valence-corrected chi connectivity index (χ3v) is 6.56. The molecule has 0 aromatic heterocycles. The number of carbonyl (C=O) groups excluding carboxylic acids is 2. The summed E-state index contributed by atoms with van der Waals surface area (Å²) in [4.78, 5) is 30.3. The van der Waals surface area contributed by atoms with E-state index in [9.17, 15) is 9.59 Å². The fourth-order valence-electron chi connectivity index (χ4n) is 4.71. The standard InChI is InChI=1S/C21H27ClN4O4/c22-14-7-15(24-4-1-2-5-24)9-16(8-14)30-17-10-26(11-17)21(28)25-6-3-19-18(12-25)23-20(27)13-29-19/h7-9,17-19H,1-6,10-13H2,(H,23,27)/t18-,19?/m1/s1. The van der Waals surface area contributed by atoms with Crippen molar-refractivity contribution in [2.75, 3.05) is 50.8 Å². The van der Waals surface area contributed by atoms with E-state index in [1.807, 2.05) is 18.2 Å². The molecule has 0 radical (unpaired) electrons. The van der Waals surface area contributed by atoms with Gasteiger partial charge in [-0.25, -0.2) is 4.79 Å². The molecule has 0 bridgehead atoms. The topological polar surface area (TPSA) is 74.3 Å². The molecule has 0 saturated carbocycles. The summed E-state index contributed by atoms with van der Waals surface area (Å²) in [6, 6.07) is 5.73. The highest BCUT2D eigenvalue weighted by Gasteiger charge is 2.40. The molecule has 4 aliphatic heterocycles. The molecule has 4 saturated heterocycles. The first-order chi connectivity index (χ1) is 14.5. The molecule has 9 heteroatoms. The van der Waals surface area contributed by atoms with E-state index in [4.69, 9.17) is 21.1 Å². The summed E-state index contributed by atoms with van der Waals surface area (Å²) in [5.41, 5.74) is 1.10. The molecule has 30 heavy (non-hydrogen) atoms.